The van der Waals surface area contributed by atoms with E-state index in [0.29, 0.717) is 12.0 Å². The van der Waals surface area contributed by atoms with Crippen LogP contribution in [-0.4, -0.2) is 44.0 Å². The molecule has 0 heterocycles. The number of ketones is 1. The molecule has 0 unspecified atom stereocenters. The molecule has 0 aromatic rings. The molecule has 0 aromatic heterocycles. The van der Waals surface area contributed by atoms with Gasteiger partial charge in [-0.1, -0.05) is 26.8 Å². The second-order valence-corrected chi connectivity index (χ2v) is 10.7. The van der Waals surface area contributed by atoms with Crippen molar-refractivity contribution in [1.82, 2.24) is 0 Å². The number of allylic oxidation sites excluding steroid dienone is 4. The molecule has 2 N–H and O–H groups in total. The van der Waals surface area contributed by atoms with E-state index in [1.807, 2.05) is 6.92 Å². The quantitative estimate of drug-likeness (QED) is 0.618. The number of hydrogen-bond donors (Lipinski definition) is 2. The first-order valence-corrected chi connectivity index (χ1v) is 10.5. The summed E-state index contributed by atoms with van der Waals surface area (Å²) in [6.45, 7) is 5.29. The average Bonchev–Trinajstić information content (AvgIpc) is 2.81. The third-order valence-electron chi connectivity index (χ3n) is 8.49. The molecule has 4 nitrogen and oxygen atoms in total. The largest absolute Gasteiger partial charge is 0.479 e. The molecule has 0 amide bonds. The molecule has 4 rings (SSSR count). The summed E-state index contributed by atoms with van der Waals surface area (Å²) >= 11 is 14.1. The Balaban J connectivity index is 1.88. The van der Waals surface area contributed by atoms with Crippen LogP contribution in [0.1, 0.15) is 40.0 Å². The van der Waals surface area contributed by atoms with Crippen LogP contribution in [0.5, 0.6) is 0 Å². The molecule has 0 aliphatic heterocycles. The summed E-state index contributed by atoms with van der Waals surface area (Å²) in [4.78, 5) is 22.9. The summed E-state index contributed by atoms with van der Waals surface area (Å²) in [6, 6.07) is 0. The third-order valence-corrected chi connectivity index (χ3v) is 10.0. The topological polar surface area (TPSA) is 74.6 Å². The van der Waals surface area contributed by atoms with Crippen LogP contribution in [0, 0.1) is 28.6 Å². The van der Waals surface area contributed by atoms with Crippen molar-refractivity contribution < 1.29 is 24.2 Å². The van der Waals surface area contributed by atoms with Crippen molar-refractivity contribution in [3.63, 3.8) is 0 Å². The molecule has 28 heavy (non-hydrogen) atoms. The molecule has 9 atom stereocenters. The molecule has 154 valence electrons. The summed E-state index contributed by atoms with van der Waals surface area (Å²) < 4.78 is 15.3. The lowest BCUT2D eigenvalue weighted by Gasteiger charge is -2.64. The van der Waals surface area contributed by atoms with Gasteiger partial charge >= 0.3 is 5.97 Å². The molecule has 3 fully saturated rings. The van der Waals surface area contributed by atoms with Crippen LogP contribution in [0.4, 0.5) is 4.39 Å². The molecule has 4 aliphatic rings. The maximum Gasteiger partial charge on any atom is 0.336 e. The molecule has 0 spiro atoms. The van der Waals surface area contributed by atoms with Crippen LogP contribution in [0.25, 0.3) is 0 Å². The number of carbonyl (C=O) groups excluding carboxylic acids is 1. The van der Waals surface area contributed by atoms with E-state index < -0.39 is 50.7 Å². The highest BCUT2D eigenvalue weighted by atomic mass is 35.5. The Morgan fingerprint density at radius 3 is 2.54 bits per heavy atom. The van der Waals surface area contributed by atoms with Crippen LogP contribution in [0.15, 0.2) is 23.8 Å². The van der Waals surface area contributed by atoms with Crippen LogP contribution < -0.4 is 0 Å². The molecular weight excluding hydrogens is 406 g/mol. The highest BCUT2D eigenvalue weighted by Gasteiger charge is 2.75. The Morgan fingerprint density at radius 1 is 1.29 bits per heavy atom. The number of carboxylic acid groups (broad SMARTS) is 1. The van der Waals surface area contributed by atoms with Gasteiger partial charge in [-0.3, -0.25) is 4.79 Å². The van der Waals surface area contributed by atoms with Crippen LogP contribution >= 0.6 is 23.2 Å². The number of halogens is 3. The number of alkyl halides is 3. The normalized spacial score (nSPS) is 55.2. The SMILES string of the molecule is C[C@H]1C[C@H]2[C@@H]3C[C@@H](F)C4=CC(=O)C=C[C@]4(C)[C@@]3(Cl)[C@@H](Cl)C[C@]2(C)[C@@]1(O)C(=O)O. The number of carbonyl (C=O) groups is 2. The van der Waals surface area contributed by atoms with Crippen molar-refractivity contribution in [1.29, 1.82) is 0 Å². The van der Waals surface area contributed by atoms with Gasteiger partial charge in [-0.2, -0.15) is 0 Å². The summed E-state index contributed by atoms with van der Waals surface area (Å²) in [7, 11) is 0. The molecule has 0 saturated heterocycles. The predicted molar refractivity (Wildman–Crippen MR) is 104 cm³/mol. The number of aliphatic carboxylic acids is 1. The lowest BCUT2D eigenvalue weighted by molar-refractivity contribution is -0.185. The zero-order valence-electron chi connectivity index (χ0n) is 16.1. The first-order valence-electron chi connectivity index (χ1n) is 9.72. The van der Waals surface area contributed by atoms with E-state index in [2.05, 4.69) is 0 Å². The van der Waals surface area contributed by atoms with Gasteiger partial charge in [0.25, 0.3) is 0 Å². The van der Waals surface area contributed by atoms with E-state index in [-0.39, 0.29) is 24.5 Å². The zero-order chi connectivity index (χ0) is 20.9. The molecule has 0 aromatic carbocycles. The second-order valence-electron chi connectivity index (χ2n) is 9.52. The number of carboxylic acids is 1. The van der Waals surface area contributed by atoms with E-state index in [1.165, 1.54) is 12.2 Å². The summed E-state index contributed by atoms with van der Waals surface area (Å²) in [5.41, 5.74) is -3.56. The Morgan fingerprint density at radius 2 is 1.93 bits per heavy atom. The summed E-state index contributed by atoms with van der Waals surface area (Å²) in [5, 5.41) is 20.4. The van der Waals surface area contributed by atoms with Gasteiger partial charge < -0.3 is 10.2 Å². The van der Waals surface area contributed by atoms with Gasteiger partial charge in [0.2, 0.25) is 0 Å². The monoisotopic (exact) mass is 430 g/mol. The van der Waals surface area contributed by atoms with Crippen molar-refractivity contribution in [2.24, 2.45) is 28.6 Å². The van der Waals surface area contributed by atoms with Gasteiger partial charge in [0.1, 0.15) is 6.17 Å². The first kappa shape index (κ1) is 20.4. The van der Waals surface area contributed by atoms with E-state index in [9.17, 15) is 19.8 Å². The Bertz CT molecular complexity index is 827. The van der Waals surface area contributed by atoms with E-state index in [0.717, 1.165) is 0 Å². The number of aliphatic hydroxyl groups is 1. The average molecular weight is 431 g/mol. The minimum absolute atomic E-state index is 0.0674. The van der Waals surface area contributed by atoms with E-state index in [1.54, 1.807) is 19.9 Å². The van der Waals surface area contributed by atoms with Crippen molar-refractivity contribution in [2.75, 3.05) is 0 Å². The molecule has 7 heteroatoms. The van der Waals surface area contributed by atoms with Gasteiger partial charge in [0.15, 0.2) is 11.4 Å². The van der Waals surface area contributed by atoms with Gasteiger partial charge in [0.05, 0.1) is 10.3 Å². The van der Waals surface area contributed by atoms with Gasteiger partial charge in [-0.05, 0) is 54.7 Å². The first-order chi connectivity index (χ1) is 12.8. The highest BCUT2D eigenvalue weighted by molar-refractivity contribution is 6.34. The fraction of sp³-hybridized carbons (Fsp3) is 0.714. The number of hydrogen-bond acceptors (Lipinski definition) is 3. The Kier molecular flexibility index (Phi) is 4.24. The van der Waals surface area contributed by atoms with Crippen molar-refractivity contribution in [3.05, 3.63) is 23.8 Å². The number of rotatable bonds is 1. The van der Waals surface area contributed by atoms with E-state index in [4.69, 9.17) is 23.2 Å². The third kappa shape index (κ3) is 2.06. The molecule has 0 radical (unpaired) electrons. The molecule has 4 aliphatic carbocycles. The van der Waals surface area contributed by atoms with Gasteiger partial charge in [0, 0.05) is 10.8 Å². The van der Waals surface area contributed by atoms with Crippen molar-refractivity contribution >= 4 is 35.0 Å². The fourth-order valence-corrected chi connectivity index (χ4v) is 8.13. The van der Waals surface area contributed by atoms with Gasteiger partial charge in [-0.25, -0.2) is 9.18 Å². The van der Waals surface area contributed by atoms with Gasteiger partial charge in [-0.15, -0.1) is 23.2 Å². The zero-order valence-corrected chi connectivity index (χ0v) is 17.6. The second kappa shape index (κ2) is 5.83. The number of fused-ring (bicyclic) bond motifs is 5. The predicted octanol–water partition coefficient (Wildman–Crippen LogP) is 3.88. The maximum absolute atomic E-state index is 15.3. The van der Waals surface area contributed by atoms with Crippen molar-refractivity contribution in [3.8, 4) is 0 Å². The van der Waals surface area contributed by atoms with Crippen LogP contribution in [0.3, 0.4) is 0 Å². The minimum atomic E-state index is -1.94. The summed E-state index contributed by atoms with van der Waals surface area (Å²) in [5.74, 6) is -2.76. The molecule has 3 saturated carbocycles. The lowest BCUT2D eigenvalue weighted by atomic mass is 9.46. The fourth-order valence-electron chi connectivity index (χ4n) is 6.93. The smallest absolute Gasteiger partial charge is 0.336 e. The highest BCUT2D eigenvalue weighted by Crippen LogP contribution is 2.72. The Labute approximate surface area is 173 Å². The Hall–Kier alpha value is -0.910. The minimum Gasteiger partial charge on any atom is -0.479 e. The van der Waals surface area contributed by atoms with Crippen LogP contribution in [0.2, 0.25) is 0 Å². The maximum atomic E-state index is 15.3. The van der Waals surface area contributed by atoms with Crippen molar-refractivity contribution in [2.45, 2.75) is 62.1 Å². The standard InChI is InChI=1S/C21H25Cl2FO4/c1-10-6-12-13-8-15(24)14-7-11(25)4-5-18(14,2)20(13,23)16(22)9-19(12,3)21(10,28)17(26)27/h4-5,7,10,12-13,15-16,28H,6,8-9H2,1-3H3,(H,26,27)/t10-,12-,13-,15+,16-,18-,19-,20-,21-/m0/s1. The van der Waals surface area contributed by atoms with Crippen LogP contribution in [-0.2, 0) is 9.59 Å². The molecule has 0 bridgehead atoms. The molecular formula is C21H25Cl2FO4. The lowest BCUT2D eigenvalue weighted by Crippen LogP contribution is -2.68. The summed E-state index contributed by atoms with van der Waals surface area (Å²) in [6.07, 6.45) is 3.74. The van der Waals surface area contributed by atoms with E-state index >= 15 is 4.39 Å².